The molecular weight excluding hydrogens is 204 g/mol. The minimum atomic E-state index is -1.62. The van der Waals surface area contributed by atoms with E-state index in [1.807, 2.05) is 0 Å². The number of carbonyl (C=O) groups is 3. The van der Waals surface area contributed by atoms with Gasteiger partial charge in [0.25, 0.3) is 0 Å². The number of rotatable bonds is 4. The number of carboxylic acid groups (broad SMARTS) is 1. The second kappa shape index (κ2) is 4.74. The van der Waals surface area contributed by atoms with Gasteiger partial charge in [0.05, 0.1) is 6.54 Å². The zero-order chi connectivity index (χ0) is 11.4. The topological polar surface area (TPSA) is 116 Å². The van der Waals surface area contributed by atoms with E-state index in [0.717, 1.165) is 0 Å². The number of carbonyl (C=O) groups excluding carboxylic acids is 2. The molecule has 1 unspecified atom stereocenters. The highest BCUT2D eigenvalue weighted by molar-refractivity contribution is 5.91. The summed E-state index contributed by atoms with van der Waals surface area (Å²) in [5.41, 5.74) is 0. The Hall–Kier alpha value is -1.63. The first-order chi connectivity index (χ1) is 7.00. The van der Waals surface area contributed by atoms with Crippen LogP contribution in [0.5, 0.6) is 0 Å². The van der Waals surface area contributed by atoms with Gasteiger partial charge >= 0.3 is 5.97 Å². The Bertz CT molecular complexity index is 291. The molecule has 4 N–H and O–H groups in total. The molecule has 0 aromatic rings. The molecule has 2 atom stereocenters. The van der Waals surface area contributed by atoms with Crippen molar-refractivity contribution in [3.8, 4) is 0 Å². The molecule has 0 saturated carbocycles. The van der Waals surface area contributed by atoms with Crippen LogP contribution in [-0.4, -0.2) is 46.7 Å². The van der Waals surface area contributed by atoms with Gasteiger partial charge in [-0.1, -0.05) is 0 Å². The molecule has 1 heterocycles. The smallest absolute Gasteiger partial charge is 0.334 e. The fourth-order valence-corrected chi connectivity index (χ4v) is 1.22. The average Bonchev–Trinajstić information content (AvgIpc) is 2.60. The number of aliphatic carboxylic acids is 1. The first-order valence-electron chi connectivity index (χ1n) is 4.48. The predicted molar refractivity (Wildman–Crippen MR) is 47.8 cm³/mol. The molecule has 15 heavy (non-hydrogen) atoms. The maximum absolute atomic E-state index is 11.3. The number of hydrogen-bond acceptors (Lipinski definition) is 4. The van der Waals surface area contributed by atoms with E-state index in [0.29, 0.717) is 12.8 Å². The van der Waals surface area contributed by atoms with E-state index in [1.165, 1.54) is 0 Å². The molecule has 1 aliphatic heterocycles. The third kappa shape index (κ3) is 3.21. The molecular formula is C8H12N2O5. The molecule has 0 aromatic carbocycles. The third-order valence-corrected chi connectivity index (χ3v) is 2.07. The lowest BCUT2D eigenvalue weighted by molar-refractivity contribution is -0.146. The van der Waals surface area contributed by atoms with Crippen molar-refractivity contribution in [3.63, 3.8) is 0 Å². The van der Waals surface area contributed by atoms with Crippen LogP contribution in [0, 0.1) is 0 Å². The monoisotopic (exact) mass is 216 g/mol. The quantitative estimate of drug-likeness (QED) is 0.426. The minimum Gasteiger partial charge on any atom is -0.479 e. The Labute approximate surface area is 85.5 Å². The molecule has 0 aromatic heterocycles. The van der Waals surface area contributed by atoms with Crippen LogP contribution in [0.25, 0.3) is 0 Å². The highest BCUT2D eigenvalue weighted by Gasteiger charge is 2.27. The molecule has 7 heteroatoms. The molecule has 0 aliphatic carbocycles. The van der Waals surface area contributed by atoms with Crippen molar-refractivity contribution < 1.29 is 24.6 Å². The maximum atomic E-state index is 11.3. The molecule has 2 amide bonds. The van der Waals surface area contributed by atoms with Crippen molar-refractivity contribution in [3.05, 3.63) is 0 Å². The fourth-order valence-electron chi connectivity index (χ4n) is 1.22. The molecule has 1 rings (SSSR count). The second-order valence-corrected chi connectivity index (χ2v) is 3.26. The highest BCUT2D eigenvalue weighted by atomic mass is 16.4. The van der Waals surface area contributed by atoms with Crippen LogP contribution >= 0.6 is 0 Å². The maximum Gasteiger partial charge on any atom is 0.334 e. The molecule has 0 spiro atoms. The zero-order valence-electron chi connectivity index (χ0n) is 7.90. The Morgan fingerprint density at radius 1 is 1.60 bits per heavy atom. The van der Waals surface area contributed by atoms with Crippen LogP contribution in [0.3, 0.4) is 0 Å². The summed E-state index contributed by atoms with van der Waals surface area (Å²) < 4.78 is 0. The van der Waals surface area contributed by atoms with Gasteiger partial charge in [0.15, 0.2) is 6.10 Å². The van der Waals surface area contributed by atoms with Crippen LogP contribution in [-0.2, 0) is 14.4 Å². The Morgan fingerprint density at radius 2 is 2.27 bits per heavy atom. The fraction of sp³-hybridized carbons (Fsp3) is 0.625. The summed E-state index contributed by atoms with van der Waals surface area (Å²) in [6.45, 7) is -0.361. The number of nitrogens with one attached hydrogen (secondary N) is 2. The lowest BCUT2D eigenvalue weighted by atomic mass is 10.2. The third-order valence-electron chi connectivity index (χ3n) is 2.07. The molecule has 0 radical (unpaired) electrons. The van der Waals surface area contributed by atoms with Crippen molar-refractivity contribution >= 4 is 17.8 Å². The van der Waals surface area contributed by atoms with E-state index in [2.05, 4.69) is 10.6 Å². The van der Waals surface area contributed by atoms with Crippen molar-refractivity contribution in [2.24, 2.45) is 0 Å². The first-order valence-corrected chi connectivity index (χ1v) is 4.48. The average molecular weight is 216 g/mol. The summed E-state index contributed by atoms with van der Waals surface area (Å²) >= 11 is 0. The summed E-state index contributed by atoms with van der Waals surface area (Å²) in [5, 5.41) is 21.9. The van der Waals surface area contributed by atoms with Crippen molar-refractivity contribution in [2.75, 3.05) is 6.54 Å². The van der Waals surface area contributed by atoms with Crippen LogP contribution in [0.1, 0.15) is 12.8 Å². The summed E-state index contributed by atoms with van der Waals surface area (Å²) in [4.78, 5) is 32.3. The summed E-state index contributed by atoms with van der Waals surface area (Å²) in [6, 6.07) is -0.613. The summed E-state index contributed by atoms with van der Waals surface area (Å²) in [7, 11) is 0. The Morgan fingerprint density at radius 3 is 2.73 bits per heavy atom. The standard InChI is InChI=1S/C8H12N2O5/c11-5(8(14)15)3-9-7(13)4-1-2-6(12)10-4/h4-5,11H,1-3H2,(H,9,13)(H,10,12)(H,14,15)/t4?,5-/m0/s1. The summed E-state index contributed by atoms with van der Waals surface area (Å²) in [5.74, 6) is -2.07. The van der Waals surface area contributed by atoms with Gasteiger partial charge in [0.1, 0.15) is 6.04 Å². The number of hydrogen-bond donors (Lipinski definition) is 4. The second-order valence-electron chi connectivity index (χ2n) is 3.26. The normalized spacial score (nSPS) is 21.9. The molecule has 84 valence electrons. The molecule has 1 saturated heterocycles. The molecule has 0 bridgehead atoms. The van der Waals surface area contributed by atoms with Gasteiger partial charge in [0.2, 0.25) is 11.8 Å². The van der Waals surface area contributed by atoms with Crippen molar-refractivity contribution in [1.82, 2.24) is 10.6 Å². The van der Waals surface area contributed by atoms with Crippen LogP contribution in [0.4, 0.5) is 0 Å². The van der Waals surface area contributed by atoms with E-state index in [4.69, 9.17) is 10.2 Å². The number of aliphatic hydroxyl groups excluding tert-OH is 1. The Kier molecular flexibility index (Phi) is 3.62. The van der Waals surface area contributed by atoms with E-state index < -0.39 is 24.0 Å². The first kappa shape index (κ1) is 11.4. The van der Waals surface area contributed by atoms with Gasteiger partial charge in [-0.05, 0) is 6.42 Å². The lowest BCUT2D eigenvalue weighted by Gasteiger charge is -2.11. The van der Waals surface area contributed by atoms with E-state index >= 15 is 0 Å². The SMILES string of the molecule is O=C1CCC(C(=O)NC[C@H](O)C(=O)O)N1. The zero-order valence-corrected chi connectivity index (χ0v) is 7.90. The van der Waals surface area contributed by atoms with E-state index in [1.54, 1.807) is 0 Å². The molecule has 1 fully saturated rings. The number of carboxylic acids is 1. The van der Waals surface area contributed by atoms with Gasteiger partial charge in [0, 0.05) is 6.42 Å². The van der Waals surface area contributed by atoms with Gasteiger partial charge in [-0.25, -0.2) is 4.79 Å². The van der Waals surface area contributed by atoms with Crippen molar-refractivity contribution in [2.45, 2.75) is 25.0 Å². The van der Waals surface area contributed by atoms with E-state index in [9.17, 15) is 14.4 Å². The van der Waals surface area contributed by atoms with Gasteiger partial charge < -0.3 is 20.8 Å². The van der Waals surface area contributed by atoms with E-state index in [-0.39, 0.29) is 12.5 Å². The highest BCUT2D eigenvalue weighted by Crippen LogP contribution is 2.05. The van der Waals surface area contributed by atoms with Crippen LogP contribution < -0.4 is 10.6 Å². The van der Waals surface area contributed by atoms with Gasteiger partial charge in [-0.2, -0.15) is 0 Å². The minimum absolute atomic E-state index is 0.200. The largest absolute Gasteiger partial charge is 0.479 e. The molecule has 1 aliphatic rings. The van der Waals surface area contributed by atoms with Gasteiger partial charge in [-0.15, -0.1) is 0 Å². The Balaban J connectivity index is 2.30. The van der Waals surface area contributed by atoms with Gasteiger partial charge in [-0.3, -0.25) is 9.59 Å². The molecule has 7 nitrogen and oxygen atoms in total. The van der Waals surface area contributed by atoms with Crippen LogP contribution in [0.15, 0.2) is 0 Å². The summed E-state index contributed by atoms with van der Waals surface area (Å²) in [6.07, 6.45) is -0.931. The predicted octanol–water partition coefficient (Wildman–Crippen LogP) is -2.17. The number of aliphatic hydroxyl groups is 1. The van der Waals surface area contributed by atoms with Crippen molar-refractivity contribution in [1.29, 1.82) is 0 Å². The number of amides is 2. The lowest BCUT2D eigenvalue weighted by Crippen LogP contribution is -2.45. The van der Waals surface area contributed by atoms with Crippen LogP contribution in [0.2, 0.25) is 0 Å².